The molecule has 1 heterocycles. The van der Waals surface area contributed by atoms with Crippen LogP contribution in [0.4, 0.5) is 0 Å². The molecule has 0 aliphatic carbocycles. The SMILES string of the molecule is CCc1nn(-c2cccc(Br)c2)c(Cl)c1C. The van der Waals surface area contributed by atoms with E-state index in [0.29, 0.717) is 5.15 Å². The van der Waals surface area contributed by atoms with Crippen molar-refractivity contribution in [1.29, 1.82) is 0 Å². The maximum Gasteiger partial charge on any atom is 0.136 e. The predicted molar refractivity (Wildman–Crippen MR) is 70.4 cm³/mol. The molecular weight excluding hydrogens is 288 g/mol. The van der Waals surface area contributed by atoms with E-state index in [1.807, 2.05) is 31.2 Å². The fourth-order valence-corrected chi connectivity index (χ4v) is 2.26. The van der Waals surface area contributed by atoms with Gasteiger partial charge in [0.25, 0.3) is 0 Å². The molecular formula is C12H12BrClN2. The van der Waals surface area contributed by atoms with E-state index < -0.39 is 0 Å². The van der Waals surface area contributed by atoms with Gasteiger partial charge in [0, 0.05) is 10.0 Å². The van der Waals surface area contributed by atoms with Crippen molar-refractivity contribution < 1.29 is 0 Å². The average Bonchev–Trinajstić information content (AvgIpc) is 2.56. The van der Waals surface area contributed by atoms with Crippen molar-refractivity contribution in [3.8, 4) is 5.69 Å². The first-order chi connectivity index (χ1) is 7.63. The van der Waals surface area contributed by atoms with Crippen LogP contribution in [0.2, 0.25) is 5.15 Å². The maximum absolute atomic E-state index is 6.26. The van der Waals surface area contributed by atoms with Crippen molar-refractivity contribution in [3.63, 3.8) is 0 Å². The summed E-state index contributed by atoms with van der Waals surface area (Å²) in [6, 6.07) is 7.94. The number of hydrogen-bond acceptors (Lipinski definition) is 1. The summed E-state index contributed by atoms with van der Waals surface area (Å²) in [7, 11) is 0. The maximum atomic E-state index is 6.26. The Hall–Kier alpha value is -0.800. The van der Waals surface area contributed by atoms with Crippen molar-refractivity contribution in [2.45, 2.75) is 20.3 Å². The zero-order valence-corrected chi connectivity index (χ0v) is 11.5. The monoisotopic (exact) mass is 298 g/mol. The van der Waals surface area contributed by atoms with E-state index in [4.69, 9.17) is 11.6 Å². The molecule has 0 saturated heterocycles. The van der Waals surface area contributed by atoms with Gasteiger partial charge in [-0.25, -0.2) is 4.68 Å². The van der Waals surface area contributed by atoms with Gasteiger partial charge in [0.05, 0.1) is 11.4 Å². The van der Waals surface area contributed by atoms with Crippen LogP contribution in [0.3, 0.4) is 0 Å². The second-order valence-electron chi connectivity index (χ2n) is 3.61. The largest absolute Gasteiger partial charge is 0.222 e. The smallest absolute Gasteiger partial charge is 0.136 e. The van der Waals surface area contributed by atoms with Gasteiger partial charge >= 0.3 is 0 Å². The molecule has 0 saturated carbocycles. The molecule has 2 nitrogen and oxygen atoms in total. The highest BCUT2D eigenvalue weighted by Crippen LogP contribution is 2.24. The summed E-state index contributed by atoms with van der Waals surface area (Å²) in [6.07, 6.45) is 0.895. The van der Waals surface area contributed by atoms with Gasteiger partial charge in [-0.2, -0.15) is 5.10 Å². The summed E-state index contributed by atoms with van der Waals surface area (Å²) in [5.74, 6) is 0. The molecule has 84 valence electrons. The summed E-state index contributed by atoms with van der Waals surface area (Å²) in [5, 5.41) is 5.19. The number of aryl methyl sites for hydroxylation is 1. The molecule has 0 atom stereocenters. The molecule has 2 aromatic rings. The molecule has 0 radical (unpaired) electrons. The van der Waals surface area contributed by atoms with E-state index in [1.165, 1.54) is 0 Å². The van der Waals surface area contributed by atoms with Gasteiger partial charge in [-0.15, -0.1) is 0 Å². The lowest BCUT2D eigenvalue weighted by molar-refractivity contribution is 0.841. The molecule has 0 N–H and O–H groups in total. The zero-order valence-electron chi connectivity index (χ0n) is 9.17. The molecule has 1 aromatic heterocycles. The predicted octanol–water partition coefficient (Wildman–Crippen LogP) is 4.16. The molecule has 4 heteroatoms. The average molecular weight is 300 g/mol. The van der Waals surface area contributed by atoms with Gasteiger partial charge in [-0.1, -0.05) is 40.5 Å². The van der Waals surface area contributed by atoms with E-state index in [9.17, 15) is 0 Å². The van der Waals surface area contributed by atoms with Crippen molar-refractivity contribution in [2.24, 2.45) is 0 Å². The highest BCUT2D eigenvalue weighted by Gasteiger charge is 2.12. The lowest BCUT2D eigenvalue weighted by Gasteiger charge is -2.03. The first-order valence-corrected chi connectivity index (χ1v) is 6.30. The van der Waals surface area contributed by atoms with Crippen LogP contribution < -0.4 is 0 Å². The van der Waals surface area contributed by atoms with E-state index in [2.05, 4.69) is 28.0 Å². The van der Waals surface area contributed by atoms with Gasteiger partial charge in [0.1, 0.15) is 5.15 Å². The number of hydrogen-bond donors (Lipinski definition) is 0. The van der Waals surface area contributed by atoms with Crippen LogP contribution in [0.1, 0.15) is 18.2 Å². The van der Waals surface area contributed by atoms with E-state index in [1.54, 1.807) is 4.68 Å². The summed E-state index contributed by atoms with van der Waals surface area (Å²) < 4.78 is 2.80. The van der Waals surface area contributed by atoms with E-state index in [-0.39, 0.29) is 0 Å². The summed E-state index contributed by atoms with van der Waals surface area (Å²) >= 11 is 9.71. The summed E-state index contributed by atoms with van der Waals surface area (Å²) in [5.41, 5.74) is 3.08. The molecule has 0 bridgehead atoms. The van der Waals surface area contributed by atoms with E-state index >= 15 is 0 Å². The second-order valence-corrected chi connectivity index (χ2v) is 4.88. The van der Waals surface area contributed by atoms with Gasteiger partial charge in [-0.3, -0.25) is 0 Å². The van der Waals surface area contributed by atoms with Crippen LogP contribution in [0, 0.1) is 6.92 Å². The quantitative estimate of drug-likeness (QED) is 0.814. The molecule has 2 rings (SSSR count). The minimum absolute atomic E-state index is 0.690. The second kappa shape index (κ2) is 4.60. The molecule has 0 spiro atoms. The zero-order chi connectivity index (χ0) is 11.7. The third-order valence-corrected chi connectivity index (χ3v) is 3.47. The minimum Gasteiger partial charge on any atom is -0.222 e. The molecule has 0 fully saturated rings. The Balaban J connectivity index is 2.56. The number of aromatic nitrogens is 2. The van der Waals surface area contributed by atoms with Crippen LogP contribution >= 0.6 is 27.5 Å². The van der Waals surface area contributed by atoms with Crippen LogP contribution in [0.15, 0.2) is 28.7 Å². The Labute approximate surface area is 108 Å². The molecule has 1 aromatic carbocycles. The van der Waals surface area contributed by atoms with Gasteiger partial charge in [-0.05, 0) is 31.5 Å². The minimum atomic E-state index is 0.690. The van der Waals surface area contributed by atoms with Crippen molar-refractivity contribution in [3.05, 3.63) is 45.1 Å². The third kappa shape index (κ3) is 2.02. The summed E-state index contributed by atoms with van der Waals surface area (Å²) in [6.45, 7) is 4.08. The number of halogens is 2. The van der Waals surface area contributed by atoms with Crippen LogP contribution in [0.25, 0.3) is 5.69 Å². The van der Waals surface area contributed by atoms with Crippen LogP contribution in [-0.4, -0.2) is 9.78 Å². The van der Waals surface area contributed by atoms with E-state index in [0.717, 1.165) is 27.8 Å². The van der Waals surface area contributed by atoms with Gasteiger partial charge in [0.2, 0.25) is 0 Å². The Morgan fingerprint density at radius 3 is 2.75 bits per heavy atom. The molecule has 0 aliphatic heterocycles. The highest BCUT2D eigenvalue weighted by atomic mass is 79.9. The Morgan fingerprint density at radius 1 is 1.44 bits per heavy atom. The first kappa shape index (κ1) is 11.7. The molecule has 0 unspecified atom stereocenters. The lowest BCUT2D eigenvalue weighted by Crippen LogP contribution is -1.97. The van der Waals surface area contributed by atoms with Crippen molar-refractivity contribution >= 4 is 27.5 Å². The first-order valence-electron chi connectivity index (χ1n) is 5.13. The number of nitrogens with zero attached hydrogens (tertiary/aromatic N) is 2. The Bertz CT molecular complexity index is 520. The third-order valence-electron chi connectivity index (χ3n) is 2.54. The fraction of sp³-hybridized carbons (Fsp3) is 0.250. The number of rotatable bonds is 2. The highest BCUT2D eigenvalue weighted by molar-refractivity contribution is 9.10. The normalized spacial score (nSPS) is 10.8. The van der Waals surface area contributed by atoms with Crippen LogP contribution in [-0.2, 0) is 6.42 Å². The number of benzene rings is 1. The molecule has 0 aliphatic rings. The topological polar surface area (TPSA) is 17.8 Å². The Kier molecular flexibility index (Phi) is 3.36. The van der Waals surface area contributed by atoms with Gasteiger partial charge < -0.3 is 0 Å². The fourth-order valence-electron chi connectivity index (χ4n) is 1.63. The van der Waals surface area contributed by atoms with Crippen molar-refractivity contribution in [1.82, 2.24) is 9.78 Å². The lowest BCUT2D eigenvalue weighted by atomic mass is 10.2. The molecule has 0 amide bonds. The summed E-state index contributed by atoms with van der Waals surface area (Å²) in [4.78, 5) is 0. The van der Waals surface area contributed by atoms with Gasteiger partial charge in [0.15, 0.2) is 0 Å². The molecule has 16 heavy (non-hydrogen) atoms. The Morgan fingerprint density at radius 2 is 2.19 bits per heavy atom. The van der Waals surface area contributed by atoms with Crippen LogP contribution in [0.5, 0.6) is 0 Å². The standard InChI is InChI=1S/C12H12BrClN2/c1-3-11-8(2)12(14)16(15-11)10-6-4-5-9(13)7-10/h4-7H,3H2,1-2H3. The van der Waals surface area contributed by atoms with Crippen molar-refractivity contribution in [2.75, 3.05) is 0 Å².